The standard InChI is InChI=1S/C15H18FN3OS/c1-15(2,3)21(20)18-9-12-6-5-11(7-14(12)16)13-8-17-19(4)10-13/h5-10H,1-4H3. The number of halogens is 1. The number of aromatic nitrogens is 2. The highest BCUT2D eigenvalue weighted by atomic mass is 32.2. The lowest BCUT2D eigenvalue weighted by molar-refractivity contribution is 0.626. The molecule has 0 bridgehead atoms. The van der Waals surface area contributed by atoms with E-state index >= 15 is 0 Å². The SMILES string of the molecule is Cn1cc(-c2ccc(C=NS(=O)C(C)(C)C)c(F)c2)cn1. The third-order valence-corrected chi connectivity index (χ3v) is 4.19. The summed E-state index contributed by atoms with van der Waals surface area (Å²) in [7, 11) is 0.414. The Morgan fingerprint density at radius 2 is 2.05 bits per heavy atom. The maximum Gasteiger partial charge on any atom is 0.144 e. The van der Waals surface area contributed by atoms with Crippen molar-refractivity contribution in [3.63, 3.8) is 0 Å². The Labute approximate surface area is 126 Å². The van der Waals surface area contributed by atoms with Crippen LogP contribution in [0, 0.1) is 5.82 Å². The van der Waals surface area contributed by atoms with Gasteiger partial charge in [0, 0.05) is 30.6 Å². The molecule has 0 radical (unpaired) electrons. The maximum absolute atomic E-state index is 14.1. The first-order valence-electron chi connectivity index (χ1n) is 6.52. The summed E-state index contributed by atoms with van der Waals surface area (Å²) in [5.41, 5.74) is 1.91. The van der Waals surface area contributed by atoms with E-state index in [2.05, 4.69) is 9.50 Å². The third-order valence-electron chi connectivity index (χ3n) is 2.85. The number of hydrogen-bond acceptors (Lipinski definition) is 2. The van der Waals surface area contributed by atoms with Crippen molar-refractivity contribution in [1.82, 2.24) is 9.78 Å². The highest BCUT2D eigenvalue weighted by molar-refractivity contribution is 7.85. The van der Waals surface area contributed by atoms with E-state index in [0.29, 0.717) is 5.56 Å². The molecule has 1 heterocycles. The Hall–Kier alpha value is -1.82. The van der Waals surface area contributed by atoms with Crippen LogP contribution in [0.15, 0.2) is 35.0 Å². The Balaban J connectivity index is 2.24. The first kappa shape index (κ1) is 15.6. The van der Waals surface area contributed by atoms with E-state index in [-0.39, 0.29) is 0 Å². The van der Waals surface area contributed by atoms with Gasteiger partial charge in [0.1, 0.15) is 16.8 Å². The van der Waals surface area contributed by atoms with Gasteiger partial charge < -0.3 is 0 Å². The van der Waals surface area contributed by atoms with Crippen LogP contribution in [-0.2, 0) is 18.0 Å². The summed E-state index contributed by atoms with van der Waals surface area (Å²) in [5.74, 6) is -0.397. The topological polar surface area (TPSA) is 47.2 Å². The van der Waals surface area contributed by atoms with Crippen molar-refractivity contribution in [3.8, 4) is 11.1 Å². The lowest BCUT2D eigenvalue weighted by atomic mass is 10.1. The van der Waals surface area contributed by atoms with Gasteiger partial charge in [-0.25, -0.2) is 8.60 Å². The second-order valence-electron chi connectivity index (χ2n) is 5.74. The number of nitrogens with zero attached hydrogens (tertiary/aromatic N) is 3. The molecule has 112 valence electrons. The summed E-state index contributed by atoms with van der Waals surface area (Å²) in [4.78, 5) is 0. The van der Waals surface area contributed by atoms with Crippen LogP contribution in [0.3, 0.4) is 0 Å². The lowest BCUT2D eigenvalue weighted by Gasteiger charge is -2.12. The van der Waals surface area contributed by atoms with Gasteiger partial charge in [-0.3, -0.25) is 4.68 Å². The largest absolute Gasteiger partial charge is 0.275 e. The lowest BCUT2D eigenvalue weighted by Crippen LogP contribution is -2.19. The van der Waals surface area contributed by atoms with Crippen molar-refractivity contribution >= 4 is 17.2 Å². The smallest absolute Gasteiger partial charge is 0.144 e. The summed E-state index contributed by atoms with van der Waals surface area (Å²) in [6.07, 6.45) is 4.82. The van der Waals surface area contributed by atoms with Crippen LogP contribution < -0.4 is 0 Å². The fraction of sp³-hybridized carbons (Fsp3) is 0.333. The predicted molar refractivity (Wildman–Crippen MR) is 84.1 cm³/mol. The van der Waals surface area contributed by atoms with Gasteiger partial charge in [-0.15, -0.1) is 0 Å². The van der Waals surface area contributed by atoms with Crippen LogP contribution in [-0.4, -0.2) is 25.0 Å². The van der Waals surface area contributed by atoms with E-state index in [4.69, 9.17) is 0 Å². The fourth-order valence-corrected chi connectivity index (χ4v) is 2.17. The van der Waals surface area contributed by atoms with Crippen LogP contribution in [0.2, 0.25) is 0 Å². The summed E-state index contributed by atoms with van der Waals surface area (Å²) in [6.45, 7) is 5.47. The van der Waals surface area contributed by atoms with Crippen molar-refractivity contribution in [2.24, 2.45) is 11.4 Å². The third kappa shape index (κ3) is 3.85. The second-order valence-corrected chi connectivity index (χ2v) is 7.67. The monoisotopic (exact) mass is 307 g/mol. The first-order chi connectivity index (χ1) is 9.77. The molecule has 2 rings (SSSR count). The van der Waals surface area contributed by atoms with Gasteiger partial charge in [-0.05, 0) is 38.5 Å². The van der Waals surface area contributed by atoms with Gasteiger partial charge in [-0.1, -0.05) is 6.07 Å². The highest BCUT2D eigenvalue weighted by Crippen LogP contribution is 2.21. The van der Waals surface area contributed by atoms with Gasteiger partial charge in [-0.2, -0.15) is 9.50 Å². The van der Waals surface area contributed by atoms with Crippen molar-refractivity contribution in [2.75, 3.05) is 0 Å². The molecule has 4 nitrogen and oxygen atoms in total. The molecule has 0 aliphatic carbocycles. The van der Waals surface area contributed by atoms with Crippen molar-refractivity contribution in [2.45, 2.75) is 25.5 Å². The molecule has 0 aliphatic heterocycles. The molecule has 1 aromatic carbocycles. The van der Waals surface area contributed by atoms with Crippen LogP contribution >= 0.6 is 0 Å². The van der Waals surface area contributed by atoms with Gasteiger partial charge in [0.25, 0.3) is 0 Å². The van der Waals surface area contributed by atoms with Crippen LogP contribution in [0.1, 0.15) is 26.3 Å². The molecule has 6 heteroatoms. The zero-order chi connectivity index (χ0) is 15.6. The van der Waals surface area contributed by atoms with Gasteiger partial charge in [0.2, 0.25) is 0 Å². The van der Waals surface area contributed by atoms with Crippen molar-refractivity contribution in [3.05, 3.63) is 42.0 Å². The number of hydrogen-bond donors (Lipinski definition) is 0. The molecule has 0 saturated heterocycles. The Bertz CT molecular complexity index is 701. The molecular weight excluding hydrogens is 289 g/mol. The molecule has 0 N–H and O–H groups in total. The van der Waals surface area contributed by atoms with E-state index in [1.807, 2.05) is 34.0 Å². The zero-order valence-electron chi connectivity index (χ0n) is 12.5. The molecule has 21 heavy (non-hydrogen) atoms. The Kier molecular flexibility index (Phi) is 4.37. The quantitative estimate of drug-likeness (QED) is 0.818. The minimum Gasteiger partial charge on any atom is -0.275 e. The van der Waals surface area contributed by atoms with Gasteiger partial charge in [0.05, 0.1) is 10.9 Å². The summed E-state index contributed by atoms with van der Waals surface area (Å²) in [5, 5.41) is 4.06. The average molecular weight is 307 g/mol. The van der Waals surface area contributed by atoms with E-state index in [1.54, 1.807) is 23.0 Å². The first-order valence-corrected chi connectivity index (χ1v) is 7.62. The normalized spacial score (nSPS) is 13.8. The summed E-state index contributed by atoms with van der Waals surface area (Å²) >= 11 is 0. The highest BCUT2D eigenvalue weighted by Gasteiger charge is 2.18. The number of rotatable bonds is 3. The van der Waals surface area contributed by atoms with Crippen LogP contribution in [0.5, 0.6) is 0 Å². The van der Waals surface area contributed by atoms with Gasteiger partial charge in [0.15, 0.2) is 0 Å². The fourth-order valence-electron chi connectivity index (χ4n) is 1.64. The molecule has 1 atom stereocenters. The van der Waals surface area contributed by atoms with Crippen molar-refractivity contribution in [1.29, 1.82) is 0 Å². The average Bonchev–Trinajstić information content (AvgIpc) is 2.82. The minimum atomic E-state index is -1.39. The molecule has 0 amide bonds. The molecule has 0 saturated carbocycles. The van der Waals surface area contributed by atoms with Gasteiger partial charge >= 0.3 is 0 Å². The Morgan fingerprint density at radius 1 is 1.33 bits per heavy atom. The molecule has 2 aromatic rings. The zero-order valence-corrected chi connectivity index (χ0v) is 13.3. The number of benzene rings is 1. The van der Waals surface area contributed by atoms with E-state index in [0.717, 1.165) is 11.1 Å². The van der Waals surface area contributed by atoms with Crippen LogP contribution in [0.4, 0.5) is 4.39 Å². The Morgan fingerprint density at radius 3 is 2.57 bits per heavy atom. The van der Waals surface area contributed by atoms with E-state index in [1.165, 1.54) is 12.3 Å². The molecule has 0 fully saturated rings. The summed E-state index contributed by atoms with van der Waals surface area (Å²) in [6, 6.07) is 4.85. The molecule has 0 aliphatic rings. The summed E-state index contributed by atoms with van der Waals surface area (Å²) < 4.78 is 31.0. The van der Waals surface area contributed by atoms with E-state index < -0.39 is 21.5 Å². The number of aryl methyl sites for hydroxylation is 1. The second kappa shape index (κ2) is 5.89. The molecular formula is C15H18FN3OS. The van der Waals surface area contributed by atoms with Crippen LogP contribution in [0.25, 0.3) is 11.1 Å². The molecule has 1 aromatic heterocycles. The molecule has 1 unspecified atom stereocenters. The van der Waals surface area contributed by atoms with E-state index in [9.17, 15) is 8.60 Å². The molecule has 0 spiro atoms. The maximum atomic E-state index is 14.1. The van der Waals surface area contributed by atoms with Crippen molar-refractivity contribution < 1.29 is 8.60 Å². The minimum absolute atomic E-state index is 0.320. The predicted octanol–water partition coefficient (Wildman–Crippen LogP) is 3.11.